The maximum absolute atomic E-state index is 6.17. The highest BCUT2D eigenvalue weighted by Crippen LogP contribution is 2.25. The number of hydrogen-bond donors (Lipinski definition) is 0. The molecule has 1 aromatic carbocycles. The molecule has 1 aromatic heterocycles. The summed E-state index contributed by atoms with van der Waals surface area (Å²) in [5, 5.41) is 1.25. The number of halogens is 2. The van der Waals surface area contributed by atoms with E-state index in [0.29, 0.717) is 17.5 Å². The Morgan fingerprint density at radius 1 is 1.11 bits per heavy atom. The third-order valence-corrected chi connectivity index (χ3v) is 3.64. The molecule has 0 fully saturated rings. The summed E-state index contributed by atoms with van der Waals surface area (Å²) in [5.74, 6) is 1.49. The van der Waals surface area contributed by atoms with E-state index >= 15 is 0 Å². The monoisotopic (exact) mass is 295 g/mol. The summed E-state index contributed by atoms with van der Waals surface area (Å²) < 4.78 is 0. The van der Waals surface area contributed by atoms with Crippen LogP contribution >= 0.6 is 23.2 Å². The van der Waals surface area contributed by atoms with Crippen LogP contribution in [0.1, 0.15) is 17.0 Å². The zero-order chi connectivity index (χ0) is 14.0. The molecule has 3 nitrogen and oxygen atoms in total. The molecule has 0 saturated heterocycles. The van der Waals surface area contributed by atoms with Crippen LogP contribution < -0.4 is 4.90 Å². The van der Waals surface area contributed by atoms with Gasteiger partial charge >= 0.3 is 0 Å². The van der Waals surface area contributed by atoms with Gasteiger partial charge in [-0.25, -0.2) is 9.97 Å². The van der Waals surface area contributed by atoms with Gasteiger partial charge in [-0.2, -0.15) is 0 Å². The van der Waals surface area contributed by atoms with E-state index < -0.39 is 0 Å². The molecule has 0 bridgehead atoms. The van der Waals surface area contributed by atoms with Gasteiger partial charge in [-0.1, -0.05) is 41.4 Å². The van der Waals surface area contributed by atoms with Crippen molar-refractivity contribution >= 4 is 29.0 Å². The van der Waals surface area contributed by atoms with Gasteiger partial charge in [-0.05, 0) is 25.5 Å². The summed E-state index contributed by atoms with van der Waals surface area (Å²) in [6.07, 6.45) is 0. The average molecular weight is 296 g/mol. The van der Waals surface area contributed by atoms with Crippen LogP contribution in [0.3, 0.4) is 0 Å². The number of nitrogens with zero attached hydrogens (tertiary/aromatic N) is 3. The Labute approximate surface area is 123 Å². The van der Waals surface area contributed by atoms with E-state index in [4.69, 9.17) is 23.2 Å². The Hall–Kier alpha value is -1.32. The van der Waals surface area contributed by atoms with Crippen LogP contribution in [-0.2, 0) is 6.54 Å². The lowest BCUT2D eigenvalue weighted by molar-refractivity contribution is 0.870. The van der Waals surface area contributed by atoms with E-state index in [1.807, 2.05) is 50.1 Å². The Morgan fingerprint density at radius 2 is 1.79 bits per heavy atom. The molecule has 2 rings (SSSR count). The molecule has 1 heterocycles. The van der Waals surface area contributed by atoms with Gasteiger partial charge in [0.15, 0.2) is 0 Å². The van der Waals surface area contributed by atoms with Crippen molar-refractivity contribution in [3.8, 4) is 0 Å². The number of aromatic nitrogens is 2. The highest BCUT2D eigenvalue weighted by molar-refractivity contribution is 6.31. The van der Waals surface area contributed by atoms with Crippen LogP contribution in [0, 0.1) is 13.8 Å². The number of anilines is 1. The highest BCUT2D eigenvalue weighted by atomic mass is 35.5. The smallest absolute Gasteiger partial charge is 0.137 e. The van der Waals surface area contributed by atoms with Crippen LogP contribution in [-0.4, -0.2) is 17.0 Å². The minimum absolute atomic E-state index is 0.494. The van der Waals surface area contributed by atoms with Crippen molar-refractivity contribution in [1.82, 2.24) is 9.97 Å². The zero-order valence-electron chi connectivity index (χ0n) is 11.1. The van der Waals surface area contributed by atoms with Gasteiger partial charge < -0.3 is 4.90 Å². The zero-order valence-corrected chi connectivity index (χ0v) is 12.6. The van der Waals surface area contributed by atoms with E-state index in [9.17, 15) is 0 Å². The molecule has 0 amide bonds. The van der Waals surface area contributed by atoms with Crippen LogP contribution in [0.5, 0.6) is 0 Å². The lowest BCUT2D eigenvalue weighted by Gasteiger charge is -2.21. The Kier molecular flexibility index (Phi) is 4.27. The van der Waals surface area contributed by atoms with Crippen LogP contribution in [0.4, 0.5) is 5.82 Å². The lowest BCUT2D eigenvalue weighted by atomic mass is 10.2. The second-order valence-corrected chi connectivity index (χ2v) is 5.22. The van der Waals surface area contributed by atoms with Gasteiger partial charge in [0.25, 0.3) is 0 Å². The minimum atomic E-state index is 0.494. The molecule has 0 aliphatic rings. The summed E-state index contributed by atoms with van der Waals surface area (Å²) in [7, 11) is 1.97. The highest BCUT2D eigenvalue weighted by Gasteiger charge is 2.12. The molecule has 19 heavy (non-hydrogen) atoms. The molecular formula is C14H15Cl2N3. The fraction of sp³-hybridized carbons (Fsp3) is 0.286. The lowest BCUT2D eigenvalue weighted by Crippen LogP contribution is -2.20. The van der Waals surface area contributed by atoms with Crippen molar-refractivity contribution in [1.29, 1.82) is 0 Å². The third-order valence-electron chi connectivity index (χ3n) is 2.90. The Bertz CT molecular complexity index is 599. The summed E-state index contributed by atoms with van der Waals surface area (Å²) in [4.78, 5) is 10.6. The Balaban J connectivity index is 2.30. The summed E-state index contributed by atoms with van der Waals surface area (Å²) in [5.41, 5.74) is 1.93. The third kappa shape index (κ3) is 3.17. The molecule has 100 valence electrons. The van der Waals surface area contributed by atoms with Gasteiger partial charge in [0.05, 0.1) is 0 Å². The van der Waals surface area contributed by atoms with Crippen molar-refractivity contribution in [2.45, 2.75) is 20.4 Å². The van der Waals surface area contributed by atoms with Gasteiger partial charge in [0.2, 0.25) is 0 Å². The van der Waals surface area contributed by atoms with Crippen molar-refractivity contribution in [2.75, 3.05) is 11.9 Å². The second-order valence-electron chi connectivity index (χ2n) is 4.46. The van der Waals surface area contributed by atoms with Gasteiger partial charge in [0, 0.05) is 24.2 Å². The van der Waals surface area contributed by atoms with Crippen LogP contribution in [0.25, 0.3) is 0 Å². The first-order valence-corrected chi connectivity index (χ1v) is 6.70. The molecule has 2 aromatic rings. The Morgan fingerprint density at radius 3 is 2.47 bits per heavy atom. The molecule has 5 heteroatoms. The molecule has 0 unspecified atom stereocenters. The second kappa shape index (κ2) is 5.76. The minimum Gasteiger partial charge on any atom is -0.355 e. The first-order valence-electron chi connectivity index (χ1n) is 5.94. The standard InChI is InChI=1S/C14H15Cl2N3/c1-9-13(16)17-10(2)18-14(9)19(3)8-11-6-4-5-7-12(11)15/h4-7H,8H2,1-3H3. The first-order chi connectivity index (χ1) is 8.99. The first kappa shape index (κ1) is 14.1. The van der Waals surface area contributed by atoms with Gasteiger partial charge in [-0.15, -0.1) is 0 Å². The van der Waals surface area contributed by atoms with Gasteiger partial charge in [-0.3, -0.25) is 0 Å². The quantitative estimate of drug-likeness (QED) is 0.801. The number of benzene rings is 1. The SMILES string of the molecule is Cc1nc(Cl)c(C)c(N(C)Cc2ccccc2Cl)n1. The average Bonchev–Trinajstić information content (AvgIpc) is 2.36. The molecule has 0 radical (unpaired) electrons. The van der Waals surface area contributed by atoms with Crippen LogP contribution in [0.2, 0.25) is 10.2 Å². The van der Waals surface area contributed by atoms with Crippen molar-refractivity contribution in [2.24, 2.45) is 0 Å². The van der Waals surface area contributed by atoms with Crippen LogP contribution in [0.15, 0.2) is 24.3 Å². The molecule has 0 aliphatic heterocycles. The van der Waals surface area contributed by atoms with Crippen molar-refractivity contribution in [3.05, 3.63) is 51.4 Å². The molecule has 0 N–H and O–H groups in total. The van der Waals surface area contributed by atoms with E-state index in [2.05, 4.69) is 9.97 Å². The van der Waals surface area contributed by atoms with Crippen molar-refractivity contribution < 1.29 is 0 Å². The summed E-state index contributed by atoms with van der Waals surface area (Å²) >= 11 is 12.3. The molecule has 0 atom stereocenters. The van der Waals surface area contributed by atoms with E-state index in [0.717, 1.165) is 22.0 Å². The summed E-state index contributed by atoms with van der Waals surface area (Å²) in [6.45, 7) is 4.42. The van der Waals surface area contributed by atoms with E-state index in [-0.39, 0.29) is 0 Å². The number of hydrogen-bond acceptors (Lipinski definition) is 3. The largest absolute Gasteiger partial charge is 0.355 e. The predicted octanol–water partition coefficient (Wildman–Crippen LogP) is 4.04. The van der Waals surface area contributed by atoms with Gasteiger partial charge in [0.1, 0.15) is 16.8 Å². The fourth-order valence-electron chi connectivity index (χ4n) is 1.91. The molecular weight excluding hydrogens is 281 g/mol. The molecule has 0 aliphatic carbocycles. The predicted molar refractivity (Wildman–Crippen MR) is 80.1 cm³/mol. The fourth-order valence-corrected chi connectivity index (χ4v) is 2.31. The molecule has 0 saturated carbocycles. The molecule has 0 spiro atoms. The van der Waals surface area contributed by atoms with E-state index in [1.54, 1.807) is 0 Å². The number of rotatable bonds is 3. The van der Waals surface area contributed by atoms with E-state index in [1.165, 1.54) is 0 Å². The van der Waals surface area contributed by atoms with Crippen molar-refractivity contribution in [3.63, 3.8) is 0 Å². The topological polar surface area (TPSA) is 29.0 Å². The maximum atomic E-state index is 6.17. The maximum Gasteiger partial charge on any atom is 0.137 e. The number of aryl methyl sites for hydroxylation is 1. The normalized spacial score (nSPS) is 10.6. The summed E-state index contributed by atoms with van der Waals surface area (Å²) in [6, 6.07) is 7.78.